The number of nitrogens with one attached hydrogen (secondary N) is 1. The van der Waals surface area contributed by atoms with E-state index >= 15 is 0 Å². The van der Waals surface area contributed by atoms with Gasteiger partial charge < -0.3 is 10.2 Å². The summed E-state index contributed by atoms with van der Waals surface area (Å²) in [4.78, 5) is 12.9. The minimum Gasteiger partial charge on any atom is -0.336 e. The van der Waals surface area contributed by atoms with E-state index in [1.54, 1.807) is 12.1 Å². The molecular weight excluding hydrogens is 226 g/mol. The highest BCUT2D eigenvalue weighted by molar-refractivity contribution is 5.94. The Morgan fingerprint density at radius 2 is 2.12 bits per heavy atom. The molecule has 92 valence electrons. The summed E-state index contributed by atoms with van der Waals surface area (Å²) in [6.45, 7) is 1.000. The third-order valence-corrected chi connectivity index (χ3v) is 2.84. The topological polar surface area (TPSA) is 32.3 Å². The molecule has 0 saturated heterocycles. The van der Waals surface area contributed by atoms with Gasteiger partial charge in [-0.3, -0.25) is 4.79 Å². The second kappa shape index (κ2) is 4.79. The molecule has 1 aromatic carbocycles. The van der Waals surface area contributed by atoms with E-state index in [2.05, 4.69) is 5.32 Å². The number of fused-ring (bicyclic) bond motifs is 1. The molecule has 1 N–H and O–H groups in total. The Morgan fingerprint density at radius 1 is 1.41 bits per heavy atom. The van der Waals surface area contributed by atoms with Gasteiger partial charge >= 0.3 is 0 Å². The fourth-order valence-corrected chi connectivity index (χ4v) is 1.94. The third kappa shape index (κ3) is 2.61. The Morgan fingerprint density at radius 3 is 2.82 bits per heavy atom. The van der Waals surface area contributed by atoms with Gasteiger partial charge in [0.1, 0.15) is 0 Å². The summed E-state index contributed by atoms with van der Waals surface area (Å²) in [5, 5.41) is 3.17. The summed E-state index contributed by atoms with van der Waals surface area (Å²) in [6, 6.07) is 5.34. The van der Waals surface area contributed by atoms with Gasteiger partial charge in [-0.2, -0.15) is 0 Å². The van der Waals surface area contributed by atoms with Crippen LogP contribution in [0.15, 0.2) is 18.2 Å². The molecule has 1 aromatic rings. The Bertz CT molecular complexity index is 435. The number of hydrogen-bond donors (Lipinski definition) is 1. The van der Waals surface area contributed by atoms with Crippen LogP contribution >= 0.6 is 0 Å². The lowest BCUT2D eigenvalue weighted by molar-refractivity contribution is 0.0620. The number of carbonyl (C=O) groups excluding carboxylic acids is 1. The van der Waals surface area contributed by atoms with Crippen LogP contribution < -0.4 is 5.32 Å². The summed E-state index contributed by atoms with van der Waals surface area (Å²) in [7, 11) is 1.39. The zero-order valence-electron chi connectivity index (χ0n) is 9.54. The van der Waals surface area contributed by atoms with Crippen molar-refractivity contribution in [3.8, 4) is 0 Å². The average molecular weight is 240 g/mol. The zero-order chi connectivity index (χ0) is 12.4. The second-order valence-corrected chi connectivity index (χ2v) is 4.16. The number of benzene rings is 1. The molecule has 1 amide bonds. The number of nitrogens with zero attached hydrogens (tertiary/aromatic N) is 1. The first-order chi connectivity index (χ1) is 8.08. The molecule has 0 unspecified atom stereocenters. The van der Waals surface area contributed by atoms with Gasteiger partial charge in [0.15, 0.2) is 0 Å². The second-order valence-electron chi connectivity index (χ2n) is 4.16. The number of halogens is 2. The quantitative estimate of drug-likeness (QED) is 0.870. The van der Waals surface area contributed by atoms with Crippen molar-refractivity contribution in [3.05, 3.63) is 34.9 Å². The van der Waals surface area contributed by atoms with Crippen LogP contribution in [-0.4, -0.2) is 30.8 Å². The molecule has 0 spiro atoms. The minimum atomic E-state index is -2.50. The molecule has 1 aliphatic rings. The van der Waals surface area contributed by atoms with Crippen LogP contribution in [0.4, 0.5) is 8.78 Å². The Kier molecular flexibility index (Phi) is 3.38. The molecule has 0 saturated carbocycles. The zero-order valence-corrected chi connectivity index (χ0v) is 9.54. The maximum absolute atomic E-state index is 12.2. The number of carbonyl (C=O) groups is 1. The van der Waals surface area contributed by atoms with Gasteiger partial charge in [0.05, 0.1) is 6.54 Å². The van der Waals surface area contributed by atoms with E-state index in [4.69, 9.17) is 0 Å². The van der Waals surface area contributed by atoms with E-state index < -0.39 is 13.0 Å². The molecule has 1 heterocycles. The molecular formula is C12H14F2N2O. The standard InChI is InChI=1S/C12H14F2N2O/c1-16(7-11(13)14)12(17)8-2-3-9-5-15-6-10(9)4-8/h2-4,11,15H,5-7H2,1H3. The smallest absolute Gasteiger partial charge is 0.255 e. The van der Waals surface area contributed by atoms with E-state index in [1.165, 1.54) is 7.05 Å². The predicted octanol–water partition coefficient (Wildman–Crippen LogP) is 1.63. The fourth-order valence-electron chi connectivity index (χ4n) is 1.94. The SMILES string of the molecule is CN(CC(F)F)C(=O)c1ccc2c(c1)CNC2. The lowest BCUT2D eigenvalue weighted by Gasteiger charge is -2.16. The molecule has 2 rings (SSSR count). The van der Waals surface area contributed by atoms with Crippen LogP contribution in [0.3, 0.4) is 0 Å². The van der Waals surface area contributed by atoms with E-state index in [-0.39, 0.29) is 5.91 Å². The van der Waals surface area contributed by atoms with Crippen LogP contribution in [0.1, 0.15) is 21.5 Å². The van der Waals surface area contributed by atoms with E-state index in [0.29, 0.717) is 5.56 Å². The maximum atomic E-state index is 12.2. The molecule has 0 fully saturated rings. The van der Waals surface area contributed by atoms with Gasteiger partial charge in [-0.15, -0.1) is 0 Å². The van der Waals surface area contributed by atoms with Gasteiger partial charge in [0.25, 0.3) is 12.3 Å². The van der Waals surface area contributed by atoms with E-state index in [0.717, 1.165) is 29.1 Å². The van der Waals surface area contributed by atoms with Gasteiger partial charge in [0.2, 0.25) is 0 Å². The molecule has 5 heteroatoms. The van der Waals surface area contributed by atoms with E-state index in [9.17, 15) is 13.6 Å². The van der Waals surface area contributed by atoms with Crippen molar-refractivity contribution >= 4 is 5.91 Å². The number of hydrogen-bond acceptors (Lipinski definition) is 2. The van der Waals surface area contributed by atoms with E-state index in [1.807, 2.05) is 6.07 Å². The van der Waals surface area contributed by atoms with Crippen LogP contribution in [0.5, 0.6) is 0 Å². The first-order valence-corrected chi connectivity index (χ1v) is 5.44. The number of alkyl halides is 2. The molecule has 0 aromatic heterocycles. The normalized spacial score (nSPS) is 13.9. The fraction of sp³-hybridized carbons (Fsp3) is 0.417. The highest BCUT2D eigenvalue weighted by Gasteiger charge is 2.18. The summed E-state index contributed by atoms with van der Waals surface area (Å²) < 4.78 is 24.4. The Labute approximate surface area is 98.4 Å². The van der Waals surface area contributed by atoms with Crippen molar-refractivity contribution in [2.75, 3.05) is 13.6 Å². The molecule has 0 bridgehead atoms. The largest absolute Gasteiger partial charge is 0.336 e. The molecule has 17 heavy (non-hydrogen) atoms. The summed E-state index contributed by atoms with van der Waals surface area (Å²) in [6.07, 6.45) is -2.50. The van der Waals surface area contributed by atoms with Gasteiger partial charge in [0, 0.05) is 25.7 Å². The molecule has 3 nitrogen and oxygen atoms in total. The maximum Gasteiger partial charge on any atom is 0.255 e. The van der Waals surface area contributed by atoms with Crippen molar-refractivity contribution in [1.82, 2.24) is 10.2 Å². The molecule has 1 aliphatic heterocycles. The molecule has 0 aliphatic carbocycles. The first kappa shape index (κ1) is 12.0. The highest BCUT2D eigenvalue weighted by atomic mass is 19.3. The lowest BCUT2D eigenvalue weighted by atomic mass is 10.1. The minimum absolute atomic E-state index is 0.361. The van der Waals surface area contributed by atoms with Crippen molar-refractivity contribution in [3.63, 3.8) is 0 Å². The Balaban J connectivity index is 2.14. The predicted molar refractivity (Wildman–Crippen MR) is 60.0 cm³/mol. The van der Waals surface area contributed by atoms with Crippen molar-refractivity contribution in [2.45, 2.75) is 19.5 Å². The number of amides is 1. The Hall–Kier alpha value is -1.49. The monoisotopic (exact) mass is 240 g/mol. The lowest BCUT2D eigenvalue weighted by Crippen LogP contribution is -2.31. The van der Waals surface area contributed by atoms with Crippen molar-refractivity contribution in [1.29, 1.82) is 0 Å². The van der Waals surface area contributed by atoms with Gasteiger partial charge in [-0.05, 0) is 23.3 Å². The average Bonchev–Trinajstić information content (AvgIpc) is 2.73. The van der Waals surface area contributed by atoms with Crippen LogP contribution in [0.25, 0.3) is 0 Å². The third-order valence-electron chi connectivity index (χ3n) is 2.84. The van der Waals surface area contributed by atoms with Crippen molar-refractivity contribution in [2.24, 2.45) is 0 Å². The highest BCUT2D eigenvalue weighted by Crippen LogP contribution is 2.18. The van der Waals surface area contributed by atoms with Gasteiger partial charge in [-0.1, -0.05) is 6.07 Å². The summed E-state index contributed by atoms with van der Waals surface area (Å²) >= 11 is 0. The first-order valence-electron chi connectivity index (χ1n) is 5.44. The van der Waals surface area contributed by atoms with Crippen LogP contribution in [0, 0.1) is 0 Å². The van der Waals surface area contributed by atoms with Crippen LogP contribution in [-0.2, 0) is 13.1 Å². The summed E-state index contributed by atoms with van der Waals surface area (Å²) in [5.41, 5.74) is 2.70. The molecule has 0 atom stereocenters. The number of rotatable bonds is 3. The van der Waals surface area contributed by atoms with Crippen molar-refractivity contribution < 1.29 is 13.6 Å². The van der Waals surface area contributed by atoms with Crippen LogP contribution in [0.2, 0.25) is 0 Å². The molecule has 0 radical (unpaired) electrons. The summed E-state index contributed by atoms with van der Waals surface area (Å²) in [5.74, 6) is -0.361. The van der Waals surface area contributed by atoms with Gasteiger partial charge in [-0.25, -0.2) is 8.78 Å².